The van der Waals surface area contributed by atoms with Crippen LogP contribution in [0, 0.1) is 6.92 Å². The van der Waals surface area contributed by atoms with Crippen LogP contribution >= 0.6 is 0 Å². The summed E-state index contributed by atoms with van der Waals surface area (Å²) < 4.78 is 11.0. The second-order valence-corrected chi connectivity index (χ2v) is 4.94. The fourth-order valence-corrected chi connectivity index (χ4v) is 1.83. The number of hydrogen-bond acceptors (Lipinski definition) is 4. The Balaban J connectivity index is 1.76. The summed E-state index contributed by atoms with van der Waals surface area (Å²) in [6, 6.07) is 15.2. The average Bonchev–Trinajstić information content (AvgIpc) is 2.52. The van der Waals surface area contributed by atoms with Gasteiger partial charge < -0.3 is 20.3 Å². The van der Waals surface area contributed by atoms with Crippen LogP contribution in [0.5, 0.6) is 11.5 Å². The number of aliphatic hydroxyl groups is 1. The lowest BCUT2D eigenvalue weighted by Gasteiger charge is -2.14. The number of hydrogen-bond donors (Lipinski definition) is 2. The van der Waals surface area contributed by atoms with Crippen molar-refractivity contribution in [2.24, 2.45) is 5.73 Å². The van der Waals surface area contributed by atoms with Crippen LogP contribution in [-0.2, 0) is 6.54 Å². The zero-order chi connectivity index (χ0) is 15.1. The van der Waals surface area contributed by atoms with Crippen molar-refractivity contribution in [2.45, 2.75) is 19.6 Å². The molecule has 0 fully saturated rings. The summed E-state index contributed by atoms with van der Waals surface area (Å²) in [5.74, 6) is 1.44. The molecule has 1 atom stereocenters. The maximum absolute atomic E-state index is 9.88. The summed E-state index contributed by atoms with van der Waals surface area (Å²) in [5, 5.41) is 9.88. The van der Waals surface area contributed by atoms with Crippen LogP contribution in [0.4, 0.5) is 0 Å². The van der Waals surface area contributed by atoms with Crippen LogP contribution in [0.15, 0.2) is 48.5 Å². The second kappa shape index (κ2) is 7.67. The van der Waals surface area contributed by atoms with E-state index in [0.29, 0.717) is 12.3 Å². The van der Waals surface area contributed by atoms with Gasteiger partial charge in [0.2, 0.25) is 0 Å². The third-order valence-electron chi connectivity index (χ3n) is 3.04. The van der Waals surface area contributed by atoms with E-state index in [1.807, 2.05) is 55.5 Å². The standard InChI is InChI=1S/C17H21NO3/c1-13-5-7-16(8-6-13)20-11-15(19)12-21-17-4-2-3-14(9-17)10-18/h2-9,15,19H,10-12,18H2,1H3. The largest absolute Gasteiger partial charge is 0.491 e. The number of ether oxygens (including phenoxy) is 2. The van der Waals surface area contributed by atoms with Crippen LogP contribution in [0.25, 0.3) is 0 Å². The van der Waals surface area contributed by atoms with Gasteiger partial charge in [-0.1, -0.05) is 29.8 Å². The highest BCUT2D eigenvalue weighted by atomic mass is 16.5. The molecular weight excluding hydrogens is 266 g/mol. The molecule has 4 heteroatoms. The molecule has 2 aromatic carbocycles. The molecule has 0 saturated carbocycles. The average molecular weight is 287 g/mol. The normalized spacial score (nSPS) is 12.0. The Morgan fingerprint density at radius 2 is 1.67 bits per heavy atom. The summed E-state index contributed by atoms with van der Waals surface area (Å²) in [6.45, 7) is 2.86. The lowest BCUT2D eigenvalue weighted by molar-refractivity contribution is 0.0626. The van der Waals surface area contributed by atoms with Gasteiger partial charge >= 0.3 is 0 Å². The lowest BCUT2D eigenvalue weighted by Crippen LogP contribution is -2.25. The maximum Gasteiger partial charge on any atom is 0.122 e. The third kappa shape index (κ3) is 5.10. The number of nitrogens with two attached hydrogens (primary N) is 1. The first-order valence-corrected chi connectivity index (χ1v) is 6.96. The first kappa shape index (κ1) is 15.4. The van der Waals surface area contributed by atoms with Crippen molar-refractivity contribution in [1.29, 1.82) is 0 Å². The van der Waals surface area contributed by atoms with Gasteiger partial charge in [-0.2, -0.15) is 0 Å². The van der Waals surface area contributed by atoms with Crippen LogP contribution < -0.4 is 15.2 Å². The van der Waals surface area contributed by atoms with E-state index in [1.165, 1.54) is 5.56 Å². The number of rotatable bonds is 7. The third-order valence-corrected chi connectivity index (χ3v) is 3.04. The van der Waals surface area contributed by atoms with Gasteiger partial charge in [0, 0.05) is 6.54 Å². The first-order valence-electron chi connectivity index (χ1n) is 6.96. The van der Waals surface area contributed by atoms with Gasteiger partial charge in [0.25, 0.3) is 0 Å². The molecule has 0 aliphatic carbocycles. The summed E-state index contributed by atoms with van der Waals surface area (Å²) in [5.41, 5.74) is 7.74. The topological polar surface area (TPSA) is 64.7 Å². The second-order valence-electron chi connectivity index (χ2n) is 4.94. The van der Waals surface area contributed by atoms with Crippen LogP contribution in [0.1, 0.15) is 11.1 Å². The molecule has 0 aliphatic heterocycles. The Labute approximate surface area is 125 Å². The lowest BCUT2D eigenvalue weighted by atomic mass is 10.2. The molecular formula is C17H21NO3. The molecule has 3 N–H and O–H groups in total. The number of aryl methyl sites for hydroxylation is 1. The molecule has 21 heavy (non-hydrogen) atoms. The quantitative estimate of drug-likeness (QED) is 0.820. The van der Waals surface area contributed by atoms with E-state index in [9.17, 15) is 5.11 Å². The fourth-order valence-electron chi connectivity index (χ4n) is 1.83. The molecule has 4 nitrogen and oxygen atoms in total. The Kier molecular flexibility index (Phi) is 5.60. The van der Waals surface area contributed by atoms with E-state index < -0.39 is 6.10 Å². The van der Waals surface area contributed by atoms with E-state index in [2.05, 4.69) is 0 Å². The van der Waals surface area contributed by atoms with Crippen LogP contribution in [-0.4, -0.2) is 24.4 Å². The van der Waals surface area contributed by atoms with E-state index in [-0.39, 0.29) is 13.2 Å². The smallest absolute Gasteiger partial charge is 0.122 e. The van der Waals surface area contributed by atoms with Gasteiger partial charge in [-0.25, -0.2) is 0 Å². The van der Waals surface area contributed by atoms with Gasteiger partial charge in [0.05, 0.1) is 0 Å². The summed E-state index contributed by atoms with van der Waals surface area (Å²) in [6.07, 6.45) is -0.687. The fraction of sp³-hybridized carbons (Fsp3) is 0.294. The number of aliphatic hydroxyl groups excluding tert-OH is 1. The highest BCUT2D eigenvalue weighted by molar-refractivity contribution is 5.28. The molecule has 0 saturated heterocycles. The molecule has 0 aliphatic rings. The van der Waals surface area contributed by atoms with Crippen LogP contribution in [0.2, 0.25) is 0 Å². The molecule has 0 aromatic heterocycles. The highest BCUT2D eigenvalue weighted by Crippen LogP contribution is 2.14. The highest BCUT2D eigenvalue weighted by Gasteiger charge is 2.07. The summed E-state index contributed by atoms with van der Waals surface area (Å²) in [7, 11) is 0. The van der Waals surface area contributed by atoms with Gasteiger partial charge in [0.15, 0.2) is 0 Å². The molecule has 0 spiro atoms. The predicted octanol–water partition coefficient (Wildman–Crippen LogP) is 2.27. The van der Waals surface area contributed by atoms with Crippen molar-refractivity contribution in [1.82, 2.24) is 0 Å². The van der Waals surface area contributed by atoms with Crippen molar-refractivity contribution in [3.63, 3.8) is 0 Å². The van der Waals surface area contributed by atoms with Crippen molar-refractivity contribution in [2.75, 3.05) is 13.2 Å². The Morgan fingerprint density at radius 1 is 1.00 bits per heavy atom. The van der Waals surface area contributed by atoms with Crippen molar-refractivity contribution in [3.05, 3.63) is 59.7 Å². The molecule has 112 valence electrons. The van der Waals surface area contributed by atoms with Gasteiger partial charge in [-0.05, 0) is 36.8 Å². The Morgan fingerprint density at radius 3 is 2.33 bits per heavy atom. The van der Waals surface area contributed by atoms with Gasteiger partial charge in [0.1, 0.15) is 30.8 Å². The Hall–Kier alpha value is -2.04. The first-order chi connectivity index (χ1) is 10.2. The minimum absolute atomic E-state index is 0.180. The van der Waals surface area contributed by atoms with Crippen molar-refractivity contribution >= 4 is 0 Å². The van der Waals surface area contributed by atoms with Crippen molar-refractivity contribution < 1.29 is 14.6 Å². The monoisotopic (exact) mass is 287 g/mol. The van der Waals surface area contributed by atoms with E-state index >= 15 is 0 Å². The van der Waals surface area contributed by atoms with Gasteiger partial charge in [-0.3, -0.25) is 0 Å². The molecule has 0 radical (unpaired) electrons. The predicted molar refractivity (Wildman–Crippen MR) is 82.5 cm³/mol. The van der Waals surface area contributed by atoms with E-state index in [0.717, 1.165) is 11.3 Å². The van der Waals surface area contributed by atoms with Crippen LogP contribution in [0.3, 0.4) is 0 Å². The van der Waals surface area contributed by atoms with Crippen molar-refractivity contribution in [3.8, 4) is 11.5 Å². The molecule has 0 amide bonds. The molecule has 2 aromatic rings. The molecule has 0 bridgehead atoms. The van der Waals surface area contributed by atoms with Gasteiger partial charge in [-0.15, -0.1) is 0 Å². The molecule has 2 rings (SSSR count). The molecule has 0 heterocycles. The van der Waals surface area contributed by atoms with E-state index in [1.54, 1.807) is 0 Å². The minimum atomic E-state index is -0.687. The summed E-state index contributed by atoms with van der Waals surface area (Å²) >= 11 is 0. The maximum atomic E-state index is 9.88. The zero-order valence-electron chi connectivity index (χ0n) is 12.2. The number of benzene rings is 2. The minimum Gasteiger partial charge on any atom is -0.491 e. The zero-order valence-corrected chi connectivity index (χ0v) is 12.2. The van der Waals surface area contributed by atoms with E-state index in [4.69, 9.17) is 15.2 Å². The molecule has 1 unspecified atom stereocenters. The SMILES string of the molecule is Cc1ccc(OCC(O)COc2cccc(CN)c2)cc1. The Bertz CT molecular complexity index is 554. The summed E-state index contributed by atoms with van der Waals surface area (Å²) in [4.78, 5) is 0.